The van der Waals surface area contributed by atoms with Crippen LogP contribution in [0.15, 0.2) is 54.6 Å². The molecule has 0 aliphatic rings. The Bertz CT molecular complexity index is 954. The van der Waals surface area contributed by atoms with Crippen molar-refractivity contribution in [2.45, 2.75) is 25.9 Å². The zero-order chi connectivity index (χ0) is 19.9. The minimum atomic E-state index is -1.03. The summed E-state index contributed by atoms with van der Waals surface area (Å²) >= 11 is 1.53. The second-order valence-electron chi connectivity index (χ2n) is 6.02. The summed E-state index contributed by atoms with van der Waals surface area (Å²) in [5, 5.41) is 0.838. The Labute approximate surface area is 165 Å². The van der Waals surface area contributed by atoms with E-state index in [2.05, 4.69) is 15.8 Å². The molecule has 7 nitrogen and oxygen atoms in total. The Balaban J connectivity index is 1.42. The van der Waals surface area contributed by atoms with Crippen molar-refractivity contribution in [2.24, 2.45) is 0 Å². The molecule has 28 heavy (non-hydrogen) atoms. The van der Waals surface area contributed by atoms with E-state index < -0.39 is 23.9 Å². The normalized spacial score (nSPS) is 11.6. The Morgan fingerprint density at radius 2 is 1.75 bits per heavy atom. The number of benzene rings is 2. The third kappa shape index (κ3) is 5.14. The quantitative estimate of drug-likeness (QED) is 0.492. The summed E-state index contributed by atoms with van der Waals surface area (Å²) < 4.78 is 6.18. The van der Waals surface area contributed by atoms with Gasteiger partial charge in [-0.2, -0.15) is 0 Å². The number of carbonyl (C=O) groups excluding carboxylic acids is 3. The molecular formula is C20H19N3O4S. The predicted molar refractivity (Wildman–Crippen MR) is 106 cm³/mol. The molecule has 0 unspecified atom stereocenters. The van der Waals surface area contributed by atoms with Crippen LogP contribution in [0.1, 0.15) is 28.7 Å². The first-order valence-corrected chi connectivity index (χ1v) is 9.54. The molecule has 0 aliphatic carbocycles. The van der Waals surface area contributed by atoms with Crippen LogP contribution in [0.3, 0.4) is 0 Å². The molecule has 1 aromatic heterocycles. The molecule has 2 amide bonds. The van der Waals surface area contributed by atoms with Crippen molar-refractivity contribution in [3.63, 3.8) is 0 Å². The molecule has 0 aliphatic heterocycles. The van der Waals surface area contributed by atoms with E-state index in [4.69, 9.17) is 4.74 Å². The van der Waals surface area contributed by atoms with Gasteiger partial charge in [-0.25, -0.2) is 4.98 Å². The summed E-state index contributed by atoms with van der Waals surface area (Å²) in [4.78, 5) is 40.3. The molecule has 8 heteroatoms. The van der Waals surface area contributed by atoms with Crippen molar-refractivity contribution in [1.82, 2.24) is 15.8 Å². The number of hydrazine groups is 1. The molecule has 0 spiro atoms. The van der Waals surface area contributed by atoms with Gasteiger partial charge in [-0.15, -0.1) is 11.3 Å². The number of rotatable bonds is 6. The largest absolute Gasteiger partial charge is 0.452 e. The lowest BCUT2D eigenvalue weighted by Gasteiger charge is -2.14. The van der Waals surface area contributed by atoms with Crippen LogP contribution < -0.4 is 10.9 Å². The lowest BCUT2D eigenvalue weighted by molar-refractivity contribution is -0.155. The first-order valence-electron chi connectivity index (χ1n) is 8.72. The molecule has 144 valence electrons. The van der Waals surface area contributed by atoms with E-state index in [1.807, 2.05) is 24.3 Å². The molecule has 0 fully saturated rings. The Hall–Kier alpha value is -3.26. The molecule has 0 saturated heterocycles. The summed E-state index contributed by atoms with van der Waals surface area (Å²) in [6.45, 7) is 1.44. The van der Waals surface area contributed by atoms with Gasteiger partial charge in [-0.1, -0.05) is 30.3 Å². The van der Waals surface area contributed by atoms with Crippen LogP contribution >= 0.6 is 11.3 Å². The van der Waals surface area contributed by atoms with E-state index in [1.165, 1.54) is 18.3 Å². The fraction of sp³-hybridized carbons (Fsp3) is 0.200. The van der Waals surface area contributed by atoms with Gasteiger partial charge >= 0.3 is 5.97 Å². The number of hydrogen-bond donors (Lipinski definition) is 2. The monoisotopic (exact) mass is 397 g/mol. The summed E-state index contributed by atoms with van der Waals surface area (Å²) in [5.74, 6) is -1.57. The fourth-order valence-corrected chi connectivity index (χ4v) is 3.39. The third-order valence-corrected chi connectivity index (χ3v) is 4.99. The molecule has 0 bridgehead atoms. The first-order chi connectivity index (χ1) is 13.5. The topological polar surface area (TPSA) is 97.4 Å². The van der Waals surface area contributed by atoms with Crippen molar-refractivity contribution in [3.05, 3.63) is 65.2 Å². The number of para-hydroxylation sites is 1. The highest BCUT2D eigenvalue weighted by atomic mass is 32.1. The van der Waals surface area contributed by atoms with Crippen LogP contribution in [0.2, 0.25) is 0 Å². The van der Waals surface area contributed by atoms with Crippen LogP contribution in [0.4, 0.5) is 0 Å². The number of aromatic nitrogens is 1. The van der Waals surface area contributed by atoms with Gasteiger partial charge in [-0.3, -0.25) is 25.2 Å². The number of aryl methyl sites for hydroxylation is 1. The highest BCUT2D eigenvalue weighted by Crippen LogP contribution is 2.22. The Morgan fingerprint density at radius 1 is 1.04 bits per heavy atom. The molecule has 0 radical (unpaired) electrons. The second kappa shape index (κ2) is 9.09. The maximum Gasteiger partial charge on any atom is 0.306 e. The van der Waals surface area contributed by atoms with Gasteiger partial charge in [0.2, 0.25) is 0 Å². The van der Waals surface area contributed by atoms with Crippen molar-refractivity contribution in [2.75, 3.05) is 0 Å². The maximum atomic E-state index is 12.0. The summed E-state index contributed by atoms with van der Waals surface area (Å²) in [5.41, 5.74) is 5.85. The third-order valence-electron chi connectivity index (χ3n) is 3.89. The maximum absolute atomic E-state index is 12.0. The molecular weight excluding hydrogens is 378 g/mol. The van der Waals surface area contributed by atoms with Crippen molar-refractivity contribution in [1.29, 1.82) is 0 Å². The highest BCUT2D eigenvalue weighted by molar-refractivity contribution is 7.18. The SMILES string of the molecule is C[C@H](OC(=O)CCc1nc2ccccc2s1)C(=O)NNC(=O)c1ccccc1. The molecule has 3 rings (SSSR count). The molecule has 2 N–H and O–H groups in total. The van der Waals surface area contributed by atoms with E-state index in [1.54, 1.807) is 30.3 Å². The van der Waals surface area contributed by atoms with Gasteiger partial charge in [0, 0.05) is 12.0 Å². The number of nitrogens with zero attached hydrogens (tertiary/aromatic N) is 1. The molecule has 1 atom stereocenters. The predicted octanol–water partition coefficient (Wildman–Crippen LogP) is 2.62. The molecule has 1 heterocycles. The number of esters is 1. The number of fused-ring (bicyclic) bond motifs is 1. The minimum Gasteiger partial charge on any atom is -0.452 e. The van der Waals surface area contributed by atoms with Crippen LogP contribution in [-0.2, 0) is 20.7 Å². The van der Waals surface area contributed by atoms with Gasteiger partial charge < -0.3 is 4.74 Å². The standard InChI is InChI=1S/C20H19N3O4S/c1-13(19(25)22-23-20(26)14-7-3-2-4-8-14)27-18(24)12-11-17-21-15-9-5-6-10-16(15)28-17/h2-10,13H,11-12H2,1H3,(H,22,25)(H,23,26)/t13-/m0/s1. The molecule has 0 saturated carbocycles. The van der Waals surface area contributed by atoms with Crippen molar-refractivity contribution in [3.8, 4) is 0 Å². The summed E-state index contributed by atoms with van der Waals surface area (Å²) in [6.07, 6.45) is -0.468. The van der Waals surface area contributed by atoms with Crippen LogP contribution in [0.25, 0.3) is 10.2 Å². The van der Waals surface area contributed by atoms with Crippen LogP contribution in [0.5, 0.6) is 0 Å². The minimum absolute atomic E-state index is 0.119. The zero-order valence-corrected chi connectivity index (χ0v) is 16.0. The van der Waals surface area contributed by atoms with E-state index in [9.17, 15) is 14.4 Å². The highest BCUT2D eigenvalue weighted by Gasteiger charge is 2.19. The van der Waals surface area contributed by atoms with Gasteiger partial charge in [0.15, 0.2) is 6.10 Å². The second-order valence-corrected chi connectivity index (χ2v) is 7.13. The van der Waals surface area contributed by atoms with Crippen LogP contribution in [-0.4, -0.2) is 28.9 Å². The zero-order valence-electron chi connectivity index (χ0n) is 15.2. The Morgan fingerprint density at radius 3 is 2.50 bits per heavy atom. The van der Waals surface area contributed by atoms with Gasteiger partial charge in [0.1, 0.15) is 0 Å². The average molecular weight is 397 g/mol. The number of thiazole rings is 1. The number of nitrogens with one attached hydrogen (secondary N) is 2. The van der Waals surface area contributed by atoms with E-state index >= 15 is 0 Å². The van der Waals surface area contributed by atoms with Crippen molar-refractivity contribution < 1.29 is 19.1 Å². The van der Waals surface area contributed by atoms with Gasteiger partial charge in [0.25, 0.3) is 11.8 Å². The van der Waals surface area contributed by atoms with Crippen molar-refractivity contribution >= 4 is 39.3 Å². The number of ether oxygens (including phenoxy) is 1. The molecule has 2 aromatic carbocycles. The molecule has 3 aromatic rings. The number of amides is 2. The first kappa shape index (κ1) is 19.5. The smallest absolute Gasteiger partial charge is 0.306 e. The summed E-state index contributed by atoms with van der Waals surface area (Å²) in [6, 6.07) is 16.2. The number of carbonyl (C=O) groups is 3. The average Bonchev–Trinajstić information content (AvgIpc) is 3.14. The van der Waals surface area contributed by atoms with Gasteiger partial charge in [0.05, 0.1) is 21.6 Å². The fourth-order valence-electron chi connectivity index (χ4n) is 2.43. The van der Waals surface area contributed by atoms with Crippen LogP contribution in [0, 0.1) is 0 Å². The lowest BCUT2D eigenvalue weighted by atomic mass is 10.2. The lowest BCUT2D eigenvalue weighted by Crippen LogP contribution is -2.46. The van der Waals surface area contributed by atoms with Gasteiger partial charge in [-0.05, 0) is 31.2 Å². The van der Waals surface area contributed by atoms with E-state index in [0.29, 0.717) is 12.0 Å². The van der Waals surface area contributed by atoms with E-state index in [0.717, 1.165) is 15.2 Å². The summed E-state index contributed by atoms with van der Waals surface area (Å²) in [7, 11) is 0. The number of hydrogen-bond acceptors (Lipinski definition) is 6. The Kier molecular flexibility index (Phi) is 6.33. The van der Waals surface area contributed by atoms with E-state index in [-0.39, 0.29) is 6.42 Å².